The molecule has 1 saturated heterocycles. The summed E-state index contributed by atoms with van der Waals surface area (Å²) in [5.74, 6) is 0.718. The Morgan fingerprint density at radius 1 is 1.19 bits per heavy atom. The van der Waals surface area contributed by atoms with Crippen LogP contribution in [-0.2, 0) is 9.31 Å². The summed E-state index contributed by atoms with van der Waals surface area (Å²) < 4.78 is 12.0. The molecule has 1 fully saturated rings. The number of nitrogens with zero attached hydrogens (tertiary/aromatic N) is 4. The van der Waals surface area contributed by atoms with Gasteiger partial charge in [-0.3, -0.25) is 0 Å². The van der Waals surface area contributed by atoms with Gasteiger partial charge < -0.3 is 15.0 Å². The Morgan fingerprint density at radius 3 is 2.43 bits per heavy atom. The summed E-state index contributed by atoms with van der Waals surface area (Å²) in [7, 11) is -0.506. The van der Waals surface area contributed by atoms with Gasteiger partial charge in [0.25, 0.3) is 0 Å². The van der Waals surface area contributed by atoms with Crippen LogP contribution in [-0.4, -0.2) is 43.9 Å². The lowest BCUT2D eigenvalue weighted by Gasteiger charge is -2.32. The van der Waals surface area contributed by atoms with Crippen molar-refractivity contribution in [2.24, 2.45) is 0 Å². The number of aromatic nitrogens is 5. The van der Waals surface area contributed by atoms with Crippen molar-refractivity contribution in [1.82, 2.24) is 25.6 Å². The minimum atomic E-state index is -0.506. The van der Waals surface area contributed by atoms with Gasteiger partial charge in [0.1, 0.15) is 5.82 Å². The highest BCUT2D eigenvalue weighted by Gasteiger charge is 2.51. The van der Waals surface area contributed by atoms with E-state index in [0.717, 1.165) is 5.46 Å². The first-order chi connectivity index (χ1) is 9.80. The second-order valence-electron chi connectivity index (χ2n) is 6.03. The van der Waals surface area contributed by atoms with Crippen LogP contribution in [0.15, 0.2) is 12.3 Å². The van der Waals surface area contributed by atoms with Crippen LogP contribution >= 0.6 is 0 Å². The minimum Gasteiger partial charge on any atom is -0.399 e. The van der Waals surface area contributed by atoms with Gasteiger partial charge in [0, 0.05) is 11.7 Å². The zero-order chi connectivity index (χ0) is 15.3. The SMILES string of the molecule is CC1(C)OB(c2cnc(N)c(-c3nn[nH]n3)c2)OC1(C)C. The molecule has 8 nitrogen and oxygen atoms in total. The summed E-state index contributed by atoms with van der Waals surface area (Å²) in [5.41, 5.74) is 6.41. The van der Waals surface area contributed by atoms with Gasteiger partial charge in [0.05, 0.1) is 16.8 Å². The quantitative estimate of drug-likeness (QED) is 0.756. The van der Waals surface area contributed by atoms with Crippen LogP contribution in [0.3, 0.4) is 0 Å². The van der Waals surface area contributed by atoms with Gasteiger partial charge in [-0.15, -0.1) is 10.2 Å². The van der Waals surface area contributed by atoms with Crippen LogP contribution in [0.4, 0.5) is 5.82 Å². The van der Waals surface area contributed by atoms with E-state index < -0.39 is 18.3 Å². The minimum absolute atomic E-state index is 0.330. The molecule has 2 aromatic rings. The third kappa shape index (κ3) is 2.28. The van der Waals surface area contributed by atoms with E-state index in [1.807, 2.05) is 33.8 Å². The molecule has 0 spiro atoms. The Hall–Kier alpha value is -2.00. The van der Waals surface area contributed by atoms with Crippen molar-refractivity contribution in [1.29, 1.82) is 0 Å². The summed E-state index contributed by atoms with van der Waals surface area (Å²) in [6.07, 6.45) is 1.64. The number of nitrogens with one attached hydrogen (secondary N) is 1. The van der Waals surface area contributed by atoms with Gasteiger partial charge in [-0.1, -0.05) is 0 Å². The first kappa shape index (κ1) is 14.0. The van der Waals surface area contributed by atoms with Crippen LogP contribution in [0, 0.1) is 0 Å². The maximum Gasteiger partial charge on any atom is 0.496 e. The van der Waals surface area contributed by atoms with Crippen molar-refractivity contribution in [2.75, 3.05) is 5.73 Å². The topological polar surface area (TPSA) is 112 Å². The molecule has 1 aliphatic rings. The van der Waals surface area contributed by atoms with E-state index in [1.54, 1.807) is 6.20 Å². The molecule has 3 heterocycles. The second kappa shape index (κ2) is 4.50. The first-order valence-electron chi connectivity index (χ1n) is 6.65. The Balaban J connectivity index is 1.97. The molecular formula is C12H17BN6O2. The molecule has 3 N–H and O–H groups in total. The van der Waals surface area contributed by atoms with Gasteiger partial charge in [0.2, 0.25) is 5.82 Å². The van der Waals surface area contributed by atoms with Crippen LogP contribution in [0.5, 0.6) is 0 Å². The lowest BCUT2D eigenvalue weighted by atomic mass is 9.79. The molecule has 0 atom stereocenters. The Bertz CT molecular complexity index is 642. The van der Waals surface area contributed by atoms with Gasteiger partial charge in [-0.05, 0) is 39.0 Å². The maximum absolute atomic E-state index is 6.00. The molecule has 0 amide bonds. The van der Waals surface area contributed by atoms with Crippen LogP contribution < -0.4 is 11.2 Å². The maximum atomic E-state index is 6.00. The van der Waals surface area contributed by atoms with Crippen LogP contribution in [0.2, 0.25) is 0 Å². The van der Waals surface area contributed by atoms with Gasteiger partial charge in [0.15, 0.2) is 0 Å². The molecule has 0 aliphatic carbocycles. The number of pyridine rings is 1. The van der Waals surface area contributed by atoms with E-state index in [2.05, 4.69) is 25.6 Å². The zero-order valence-corrected chi connectivity index (χ0v) is 12.4. The van der Waals surface area contributed by atoms with Crippen molar-refractivity contribution in [3.63, 3.8) is 0 Å². The average Bonchev–Trinajstić information content (AvgIpc) is 2.97. The van der Waals surface area contributed by atoms with E-state index in [4.69, 9.17) is 15.0 Å². The summed E-state index contributed by atoms with van der Waals surface area (Å²) in [5, 5.41) is 13.8. The number of hydrogen-bond acceptors (Lipinski definition) is 7. The van der Waals surface area contributed by atoms with Crippen LogP contribution in [0.25, 0.3) is 11.4 Å². The molecule has 110 valence electrons. The van der Waals surface area contributed by atoms with Crippen molar-refractivity contribution in [3.8, 4) is 11.4 Å². The Morgan fingerprint density at radius 2 is 1.86 bits per heavy atom. The number of nitrogens with two attached hydrogens (primary N) is 1. The fraction of sp³-hybridized carbons (Fsp3) is 0.500. The monoisotopic (exact) mass is 288 g/mol. The highest BCUT2D eigenvalue weighted by Crippen LogP contribution is 2.36. The lowest BCUT2D eigenvalue weighted by molar-refractivity contribution is 0.00578. The van der Waals surface area contributed by atoms with Gasteiger partial charge in [-0.25, -0.2) is 4.98 Å². The largest absolute Gasteiger partial charge is 0.496 e. The van der Waals surface area contributed by atoms with Gasteiger partial charge in [-0.2, -0.15) is 5.21 Å². The third-order valence-electron chi connectivity index (χ3n) is 4.05. The second-order valence-corrected chi connectivity index (χ2v) is 6.03. The number of aromatic amines is 1. The number of hydrogen-bond donors (Lipinski definition) is 2. The van der Waals surface area contributed by atoms with Crippen molar-refractivity contribution in [2.45, 2.75) is 38.9 Å². The van der Waals surface area contributed by atoms with E-state index in [-0.39, 0.29) is 0 Å². The zero-order valence-electron chi connectivity index (χ0n) is 12.4. The molecule has 21 heavy (non-hydrogen) atoms. The molecule has 0 aromatic carbocycles. The lowest BCUT2D eigenvalue weighted by Crippen LogP contribution is -2.41. The number of nitrogen functional groups attached to an aromatic ring is 1. The highest BCUT2D eigenvalue weighted by atomic mass is 16.7. The summed E-state index contributed by atoms with van der Waals surface area (Å²) in [4.78, 5) is 4.17. The van der Waals surface area contributed by atoms with Crippen molar-refractivity contribution in [3.05, 3.63) is 12.3 Å². The van der Waals surface area contributed by atoms with E-state index >= 15 is 0 Å². The van der Waals surface area contributed by atoms with Gasteiger partial charge >= 0.3 is 7.12 Å². The normalized spacial score (nSPS) is 19.9. The molecule has 0 bridgehead atoms. The summed E-state index contributed by atoms with van der Waals surface area (Å²) in [6.45, 7) is 7.99. The van der Waals surface area contributed by atoms with E-state index in [9.17, 15) is 0 Å². The molecule has 2 aromatic heterocycles. The summed E-state index contributed by atoms with van der Waals surface area (Å²) in [6, 6.07) is 1.81. The smallest absolute Gasteiger partial charge is 0.399 e. The Kier molecular flexibility index (Phi) is 2.99. The molecular weight excluding hydrogens is 271 g/mol. The molecule has 0 radical (unpaired) electrons. The standard InChI is InChI=1S/C12H17BN6O2/c1-11(2)12(3,4)21-13(20-11)7-5-8(9(14)15-6-7)10-16-18-19-17-10/h5-6H,1-4H3,(H2,14,15)(H,16,17,18,19). The molecule has 9 heteroatoms. The number of rotatable bonds is 2. The molecule has 0 saturated carbocycles. The fourth-order valence-corrected chi connectivity index (χ4v) is 2.05. The highest BCUT2D eigenvalue weighted by molar-refractivity contribution is 6.62. The predicted octanol–water partition coefficient (Wildman–Crippen LogP) is 0.143. The van der Waals surface area contributed by atoms with Crippen molar-refractivity contribution < 1.29 is 9.31 Å². The number of anilines is 1. The third-order valence-corrected chi connectivity index (χ3v) is 4.05. The molecule has 1 aliphatic heterocycles. The van der Waals surface area contributed by atoms with E-state index in [1.165, 1.54) is 0 Å². The van der Waals surface area contributed by atoms with E-state index in [0.29, 0.717) is 17.2 Å². The molecule has 3 rings (SSSR count). The van der Waals surface area contributed by atoms with Crippen molar-refractivity contribution >= 4 is 18.4 Å². The van der Waals surface area contributed by atoms with Crippen LogP contribution in [0.1, 0.15) is 27.7 Å². The summed E-state index contributed by atoms with van der Waals surface area (Å²) >= 11 is 0. The number of H-pyrrole nitrogens is 1. The Labute approximate surface area is 122 Å². The average molecular weight is 288 g/mol. The predicted molar refractivity (Wildman–Crippen MR) is 77.5 cm³/mol. The fourth-order valence-electron chi connectivity index (χ4n) is 2.05. The molecule has 0 unspecified atom stereocenters. The first-order valence-corrected chi connectivity index (χ1v) is 6.65. The number of tetrazole rings is 1.